The molecule has 0 amide bonds. The molecule has 12 aromatic carbocycles. The van der Waals surface area contributed by atoms with E-state index in [1.165, 1.54) is 98.5 Å². The standard InChI is InChI=1S/C72H45NOS/c1-2-17-46(18-3-1)47-33-35-48(36-34-47)49-37-40-51(41-38-49)73(64-28-16-27-62-70(64)54-21-6-7-22-56(54)71(62)58-23-8-12-29-65(58)74-66-30-13-9-24-59(66)71)52-42-44-57-55(45-52)69-53-20-5-4-19-50(53)39-43-63(69)72(57)60-25-10-14-31-67(60)75-68-32-15-11-26-61(68)72/h1-45H. The molecular weight excluding hydrogens is 927 g/mol. The van der Waals surface area contributed by atoms with Crippen LogP contribution in [-0.2, 0) is 10.8 Å². The molecule has 2 spiro atoms. The first-order valence-electron chi connectivity index (χ1n) is 25.9. The van der Waals surface area contributed by atoms with Crippen molar-refractivity contribution in [1.82, 2.24) is 0 Å². The lowest BCUT2D eigenvalue weighted by molar-refractivity contribution is 0.436. The van der Waals surface area contributed by atoms with Crippen LogP contribution in [0.5, 0.6) is 11.5 Å². The Kier molecular flexibility index (Phi) is 9.14. The molecule has 4 aliphatic rings. The molecule has 0 saturated carbocycles. The fraction of sp³-hybridized carbons (Fsp3) is 0.0278. The summed E-state index contributed by atoms with van der Waals surface area (Å²) in [4.78, 5) is 5.13. The van der Waals surface area contributed by atoms with E-state index in [1.54, 1.807) is 0 Å². The summed E-state index contributed by atoms with van der Waals surface area (Å²) < 4.78 is 6.77. The second-order valence-electron chi connectivity index (χ2n) is 20.2. The monoisotopic (exact) mass is 971 g/mol. The number of hydrogen-bond acceptors (Lipinski definition) is 3. The van der Waals surface area contributed by atoms with Gasteiger partial charge >= 0.3 is 0 Å². The summed E-state index contributed by atoms with van der Waals surface area (Å²) in [6.45, 7) is 0. The molecule has 0 aromatic heterocycles. The van der Waals surface area contributed by atoms with Gasteiger partial charge in [0.25, 0.3) is 0 Å². The quantitative estimate of drug-likeness (QED) is 0.171. The Hall–Kier alpha value is -9.15. The zero-order valence-electron chi connectivity index (χ0n) is 40.7. The van der Waals surface area contributed by atoms with E-state index >= 15 is 0 Å². The Morgan fingerprint density at radius 3 is 1.48 bits per heavy atom. The smallest absolute Gasteiger partial charge is 0.132 e. The largest absolute Gasteiger partial charge is 0.457 e. The van der Waals surface area contributed by atoms with Crippen molar-refractivity contribution in [3.05, 3.63) is 317 Å². The molecule has 2 aliphatic heterocycles. The second-order valence-corrected chi connectivity index (χ2v) is 21.3. The number of nitrogens with zero attached hydrogens (tertiary/aromatic N) is 1. The maximum absolute atomic E-state index is 6.77. The van der Waals surface area contributed by atoms with Crippen LogP contribution in [0.1, 0.15) is 44.5 Å². The predicted molar refractivity (Wildman–Crippen MR) is 308 cm³/mol. The van der Waals surface area contributed by atoms with E-state index in [1.807, 2.05) is 11.8 Å². The highest BCUT2D eigenvalue weighted by atomic mass is 32.2. The van der Waals surface area contributed by atoms with Crippen LogP contribution in [0.15, 0.2) is 283 Å². The van der Waals surface area contributed by atoms with Gasteiger partial charge in [0.05, 0.1) is 16.5 Å². The van der Waals surface area contributed by atoms with Gasteiger partial charge in [-0.3, -0.25) is 0 Å². The van der Waals surface area contributed by atoms with Gasteiger partial charge in [-0.05, 0) is 138 Å². The van der Waals surface area contributed by atoms with E-state index in [0.29, 0.717) is 0 Å². The molecule has 3 heteroatoms. The van der Waals surface area contributed by atoms with Crippen LogP contribution in [0.3, 0.4) is 0 Å². The summed E-state index contributed by atoms with van der Waals surface area (Å²) in [5, 5.41) is 2.50. The van der Waals surface area contributed by atoms with Crippen molar-refractivity contribution in [1.29, 1.82) is 0 Å². The van der Waals surface area contributed by atoms with Crippen LogP contribution < -0.4 is 9.64 Å². The van der Waals surface area contributed by atoms with Gasteiger partial charge in [-0.25, -0.2) is 0 Å². The first kappa shape index (κ1) is 42.4. The van der Waals surface area contributed by atoms with E-state index in [9.17, 15) is 0 Å². The predicted octanol–water partition coefficient (Wildman–Crippen LogP) is 18.9. The van der Waals surface area contributed by atoms with Crippen molar-refractivity contribution in [2.75, 3.05) is 4.90 Å². The SMILES string of the molecule is c1ccc(-c2ccc(-c3ccc(N(c4ccc5c(c4)-c4c(ccc6ccccc46)C54c5ccccc5Sc5ccccc54)c4cccc5c4-c4ccccc4C54c5ccccc5Oc5ccccc54)cc3)cc2)cc1. The van der Waals surface area contributed by atoms with Gasteiger partial charge in [-0.15, -0.1) is 0 Å². The highest BCUT2D eigenvalue weighted by Crippen LogP contribution is 2.66. The van der Waals surface area contributed by atoms with Gasteiger partial charge in [0, 0.05) is 37.9 Å². The molecule has 12 aromatic rings. The molecule has 0 bridgehead atoms. The van der Waals surface area contributed by atoms with Crippen LogP contribution in [0.2, 0.25) is 0 Å². The van der Waals surface area contributed by atoms with Gasteiger partial charge in [-0.2, -0.15) is 0 Å². The third kappa shape index (κ3) is 5.87. The molecule has 350 valence electrons. The fourth-order valence-electron chi connectivity index (χ4n) is 13.6. The molecule has 0 saturated heterocycles. The molecule has 0 atom stereocenters. The third-order valence-electron chi connectivity index (χ3n) is 16.6. The zero-order chi connectivity index (χ0) is 49.2. The number of benzene rings is 12. The average Bonchev–Trinajstić information content (AvgIpc) is 3.98. The summed E-state index contributed by atoms with van der Waals surface area (Å²) in [6.07, 6.45) is 0. The number of rotatable bonds is 5. The van der Waals surface area contributed by atoms with Gasteiger partial charge in [0.15, 0.2) is 0 Å². The van der Waals surface area contributed by atoms with Gasteiger partial charge in [0.2, 0.25) is 0 Å². The number of para-hydroxylation sites is 2. The van der Waals surface area contributed by atoms with E-state index < -0.39 is 10.8 Å². The first-order valence-corrected chi connectivity index (χ1v) is 26.7. The van der Waals surface area contributed by atoms with Crippen molar-refractivity contribution in [3.8, 4) is 56.0 Å². The van der Waals surface area contributed by atoms with E-state index in [-0.39, 0.29) is 0 Å². The second kappa shape index (κ2) is 16.2. The Morgan fingerprint density at radius 2 is 0.787 bits per heavy atom. The molecular formula is C72H45NOS. The normalized spacial score (nSPS) is 14.1. The lowest BCUT2D eigenvalue weighted by Crippen LogP contribution is -2.32. The number of hydrogen-bond donors (Lipinski definition) is 0. The average molecular weight is 972 g/mol. The van der Waals surface area contributed by atoms with Gasteiger partial charge in [0.1, 0.15) is 11.5 Å². The molecule has 0 radical (unpaired) electrons. The number of anilines is 3. The molecule has 0 fully saturated rings. The highest BCUT2D eigenvalue weighted by molar-refractivity contribution is 7.99. The summed E-state index contributed by atoms with van der Waals surface area (Å²) in [6, 6.07) is 101. The van der Waals surface area contributed by atoms with E-state index in [0.717, 1.165) is 39.7 Å². The van der Waals surface area contributed by atoms with E-state index in [2.05, 4.69) is 278 Å². The van der Waals surface area contributed by atoms with Crippen molar-refractivity contribution in [2.45, 2.75) is 20.6 Å². The fourth-order valence-corrected chi connectivity index (χ4v) is 14.8. The van der Waals surface area contributed by atoms with Crippen molar-refractivity contribution >= 4 is 39.6 Å². The summed E-state index contributed by atoms with van der Waals surface area (Å²) >= 11 is 1.89. The Bertz CT molecular complexity index is 4220. The Balaban J connectivity index is 0.958. The number of ether oxygens (including phenoxy) is 1. The Morgan fingerprint density at radius 1 is 0.307 bits per heavy atom. The Labute approximate surface area is 440 Å². The minimum atomic E-state index is -0.614. The van der Waals surface area contributed by atoms with Gasteiger partial charge in [-0.1, -0.05) is 230 Å². The van der Waals surface area contributed by atoms with Crippen molar-refractivity contribution in [2.24, 2.45) is 0 Å². The topological polar surface area (TPSA) is 12.5 Å². The molecule has 2 aliphatic carbocycles. The van der Waals surface area contributed by atoms with Crippen LogP contribution in [-0.4, -0.2) is 0 Å². The van der Waals surface area contributed by atoms with E-state index in [4.69, 9.17) is 4.74 Å². The molecule has 75 heavy (non-hydrogen) atoms. The minimum absolute atomic E-state index is 0.517. The molecule has 0 unspecified atom stereocenters. The third-order valence-corrected chi connectivity index (χ3v) is 17.8. The summed E-state index contributed by atoms with van der Waals surface area (Å²) in [5.74, 6) is 1.77. The molecule has 2 heterocycles. The summed E-state index contributed by atoms with van der Waals surface area (Å²) in [7, 11) is 0. The molecule has 16 rings (SSSR count). The van der Waals surface area contributed by atoms with Crippen LogP contribution in [0, 0.1) is 0 Å². The van der Waals surface area contributed by atoms with Gasteiger partial charge < -0.3 is 9.64 Å². The van der Waals surface area contributed by atoms with Crippen LogP contribution >= 0.6 is 11.8 Å². The maximum atomic E-state index is 6.77. The first-order chi connectivity index (χ1) is 37.2. The minimum Gasteiger partial charge on any atom is -0.457 e. The number of fused-ring (bicyclic) bond motifs is 20. The lowest BCUT2D eigenvalue weighted by atomic mass is 9.66. The molecule has 0 N–H and O–H groups in total. The maximum Gasteiger partial charge on any atom is 0.132 e. The summed E-state index contributed by atoms with van der Waals surface area (Å²) in [5.41, 5.74) is 22.0. The lowest BCUT2D eigenvalue weighted by Gasteiger charge is -2.40. The van der Waals surface area contributed by atoms with Crippen LogP contribution in [0.4, 0.5) is 17.1 Å². The van der Waals surface area contributed by atoms with Crippen molar-refractivity contribution < 1.29 is 4.74 Å². The molecule has 2 nitrogen and oxygen atoms in total. The zero-order valence-corrected chi connectivity index (χ0v) is 41.6. The highest BCUT2D eigenvalue weighted by Gasteiger charge is 2.53. The van der Waals surface area contributed by atoms with Crippen molar-refractivity contribution in [3.63, 3.8) is 0 Å². The van der Waals surface area contributed by atoms with Crippen LogP contribution in [0.25, 0.3) is 55.3 Å².